The highest BCUT2D eigenvalue weighted by Crippen LogP contribution is 2.36. The van der Waals surface area contributed by atoms with Crippen LogP contribution in [0.3, 0.4) is 0 Å². The van der Waals surface area contributed by atoms with Crippen LogP contribution < -0.4 is 15.2 Å². The number of hydrogen-bond acceptors (Lipinski definition) is 4. The maximum atomic E-state index is 10.2. The molecule has 4 nitrogen and oxygen atoms in total. The highest BCUT2D eigenvalue weighted by Gasteiger charge is 2.24. The summed E-state index contributed by atoms with van der Waals surface area (Å²) in [6.45, 7) is 4.05. The van der Waals surface area contributed by atoms with E-state index in [1.807, 2.05) is 19.1 Å². The molecule has 0 bridgehead atoms. The Bertz CT molecular complexity index is 387. The predicted octanol–water partition coefficient (Wildman–Crippen LogP) is 2.98. The molecule has 1 aromatic carbocycles. The summed E-state index contributed by atoms with van der Waals surface area (Å²) in [6.07, 6.45) is 2.07. The monoisotopic (exact) mass is 303 g/mol. The van der Waals surface area contributed by atoms with Crippen LogP contribution in [-0.2, 0) is 0 Å². The van der Waals surface area contributed by atoms with Gasteiger partial charge < -0.3 is 20.3 Å². The van der Waals surface area contributed by atoms with Gasteiger partial charge in [-0.3, -0.25) is 0 Å². The summed E-state index contributed by atoms with van der Waals surface area (Å²) in [6, 6.07) is 3.31. The van der Waals surface area contributed by atoms with Gasteiger partial charge in [0, 0.05) is 0 Å². The number of methoxy groups -OCH3 is 2. The lowest BCUT2D eigenvalue weighted by Crippen LogP contribution is -2.27. The van der Waals surface area contributed by atoms with Crippen LogP contribution >= 0.6 is 12.4 Å². The van der Waals surface area contributed by atoms with Crippen LogP contribution in [0.2, 0.25) is 0 Å². The van der Waals surface area contributed by atoms with Crippen LogP contribution in [0.5, 0.6) is 11.5 Å². The summed E-state index contributed by atoms with van der Waals surface area (Å²) in [7, 11) is 3.20. The maximum Gasteiger partial charge on any atom is 0.127 e. The molecule has 0 saturated heterocycles. The maximum absolute atomic E-state index is 10.2. The number of hydrogen-bond donors (Lipinski definition) is 2. The minimum Gasteiger partial charge on any atom is -0.496 e. The van der Waals surface area contributed by atoms with Gasteiger partial charge in [-0.2, -0.15) is 0 Å². The molecule has 0 amide bonds. The topological polar surface area (TPSA) is 64.7 Å². The van der Waals surface area contributed by atoms with Crippen molar-refractivity contribution >= 4 is 12.4 Å². The SMILES string of the molecule is CCCC[C@H](O)[C@H](N)c1c(OC)cc(C)cc1OC.Cl. The largest absolute Gasteiger partial charge is 0.496 e. The Balaban J connectivity index is 0.00000361. The van der Waals surface area contributed by atoms with Gasteiger partial charge in [0.15, 0.2) is 0 Å². The number of unbranched alkanes of at least 4 members (excludes halogenated alkanes) is 1. The highest BCUT2D eigenvalue weighted by molar-refractivity contribution is 5.85. The van der Waals surface area contributed by atoms with E-state index < -0.39 is 12.1 Å². The lowest BCUT2D eigenvalue weighted by atomic mass is 9.95. The molecule has 20 heavy (non-hydrogen) atoms. The number of ether oxygens (including phenoxy) is 2. The van der Waals surface area contributed by atoms with Crippen molar-refractivity contribution in [2.45, 2.75) is 45.3 Å². The Labute approximate surface area is 127 Å². The minimum atomic E-state index is -0.592. The molecular formula is C15H26ClNO3. The average Bonchev–Trinajstić information content (AvgIpc) is 2.42. The number of aliphatic hydroxyl groups is 1. The smallest absolute Gasteiger partial charge is 0.127 e. The van der Waals surface area contributed by atoms with Crippen LogP contribution in [0.4, 0.5) is 0 Å². The molecule has 0 radical (unpaired) electrons. The Morgan fingerprint density at radius 1 is 1.20 bits per heavy atom. The van der Waals surface area contributed by atoms with E-state index in [-0.39, 0.29) is 12.4 Å². The van der Waals surface area contributed by atoms with E-state index in [0.717, 1.165) is 24.0 Å². The second-order valence-corrected chi connectivity index (χ2v) is 4.82. The molecule has 2 atom stereocenters. The summed E-state index contributed by atoms with van der Waals surface area (Å²) in [5.41, 5.74) is 7.94. The van der Waals surface area contributed by atoms with Gasteiger partial charge in [0.2, 0.25) is 0 Å². The molecule has 0 saturated carbocycles. The third-order valence-electron chi connectivity index (χ3n) is 3.29. The molecule has 0 spiro atoms. The Hall–Kier alpha value is -0.970. The lowest BCUT2D eigenvalue weighted by Gasteiger charge is -2.23. The summed E-state index contributed by atoms with van der Waals surface area (Å²) in [4.78, 5) is 0. The van der Waals surface area contributed by atoms with Crippen LogP contribution in [0.15, 0.2) is 12.1 Å². The standard InChI is InChI=1S/C15H25NO3.ClH/c1-5-6-7-11(17)15(16)14-12(18-3)8-10(2)9-13(14)19-4;/h8-9,11,15,17H,5-7,16H2,1-4H3;1H/t11-,15-;/m0./s1. The molecule has 0 heterocycles. The van der Waals surface area contributed by atoms with Crippen molar-refractivity contribution in [2.75, 3.05) is 14.2 Å². The number of aliphatic hydroxyl groups excluding tert-OH is 1. The molecule has 0 unspecified atom stereocenters. The molecule has 0 aromatic heterocycles. The number of halogens is 1. The van der Waals surface area contributed by atoms with Crippen molar-refractivity contribution < 1.29 is 14.6 Å². The minimum absolute atomic E-state index is 0. The van der Waals surface area contributed by atoms with Gasteiger partial charge >= 0.3 is 0 Å². The van der Waals surface area contributed by atoms with Crippen molar-refractivity contribution in [3.8, 4) is 11.5 Å². The van der Waals surface area contributed by atoms with Gasteiger partial charge in [0.1, 0.15) is 11.5 Å². The number of nitrogens with two attached hydrogens (primary N) is 1. The third-order valence-corrected chi connectivity index (χ3v) is 3.29. The van der Waals surface area contributed by atoms with Crippen molar-refractivity contribution in [1.29, 1.82) is 0 Å². The van der Waals surface area contributed by atoms with E-state index in [1.165, 1.54) is 0 Å². The van der Waals surface area contributed by atoms with Gasteiger partial charge in [-0.05, 0) is 31.0 Å². The zero-order valence-corrected chi connectivity index (χ0v) is 13.5. The highest BCUT2D eigenvalue weighted by atomic mass is 35.5. The van der Waals surface area contributed by atoms with Crippen molar-refractivity contribution in [3.05, 3.63) is 23.3 Å². The summed E-state index contributed by atoms with van der Waals surface area (Å²) in [5, 5.41) is 10.2. The van der Waals surface area contributed by atoms with Crippen molar-refractivity contribution in [2.24, 2.45) is 5.73 Å². The number of rotatable bonds is 7. The zero-order chi connectivity index (χ0) is 14.4. The van der Waals surface area contributed by atoms with Gasteiger partial charge in [-0.25, -0.2) is 0 Å². The first-order valence-electron chi connectivity index (χ1n) is 6.71. The summed E-state index contributed by atoms with van der Waals surface area (Å²) < 4.78 is 10.7. The van der Waals surface area contributed by atoms with Crippen LogP contribution in [0.1, 0.15) is 43.4 Å². The average molecular weight is 304 g/mol. The molecule has 0 aliphatic carbocycles. The molecule has 3 N–H and O–H groups in total. The fourth-order valence-corrected chi connectivity index (χ4v) is 2.18. The molecule has 116 valence electrons. The summed E-state index contributed by atoms with van der Waals surface area (Å²) >= 11 is 0. The van der Waals surface area contributed by atoms with Gasteiger partial charge in [0.25, 0.3) is 0 Å². The third kappa shape index (κ3) is 4.54. The second kappa shape index (κ2) is 9.06. The van der Waals surface area contributed by atoms with Crippen molar-refractivity contribution in [3.63, 3.8) is 0 Å². The van der Waals surface area contributed by atoms with Gasteiger partial charge in [0.05, 0.1) is 31.9 Å². The second-order valence-electron chi connectivity index (χ2n) is 4.82. The van der Waals surface area contributed by atoms with E-state index in [1.54, 1.807) is 14.2 Å². The van der Waals surface area contributed by atoms with E-state index >= 15 is 0 Å². The van der Waals surface area contributed by atoms with Crippen molar-refractivity contribution in [1.82, 2.24) is 0 Å². The zero-order valence-electron chi connectivity index (χ0n) is 12.7. The normalized spacial score (nSPS) is 13.3. The van der Waals surface area contributed by atoms with Crippen LogP contribution in [-0.4, -0.2) is 25.4 Å². The van der Waals surface area contributed by atoms with Gasteiger partial charge in [-0.15, -0.1) is 12.4 Å². The van der Waals surface area contributed by atoms with E-state index in [2.05, 4.69) is 6.92 Å². The van der Waals surface area contributed by atoms with Crippen LogP contribution in [0.25, 0.3) is 0 Å². The molecule has 0 aliphatic rings. The van der Waals surface area contributed by atoms with Crippen LogP contribution in [0, 0.1) is 6.92 Å². The first kappa shape index (κ1) is 19.0. The fraction of sp³-hybridized carbons (Fsp3) is 0.600. The first-order valence-corrected chi connectivity index (χ1v) is 6.71. The Morgan fingerprint density at radius 2 is 1.70 bits per heavy atom. The van der Waals surface area contributed by atoms with E-state index in [0.29, 0.717) is 17.9 Å². The number of benzene rings is 1. The molecule has 5 heteroatoms. The summed E-state index contributed by atoms with van der Waals surface area (Å²) in [5.74, 6) is 1.33. The fourth-order valence-electron chi connectivity index (χ4n) is 2.18. The molecule has 1 rings (SSSR count). The van der Waals surface area contributed by atoms with E-state index in [4.69, 9.17) is 15.2 Å². The Kier molecular flexibility index (Phi) is 8.62. The number of aryl methyl sites for hydroxylation is 1. The molecular weight excluding hydrogens is 278 g/mol. The molecule has 0 fully saturated rings. The molecule has 1 aromatic rings. The Morgan fingerprint density at radius 3 is 2.10 bits per heavy atom. The van der Waals surface area contributed by atoms with E-state index in [9.17, 15) is 5.11 Å². The lowest BCUT2D eigenvalue weighted by molar-refractivity contribution is 0.130. The predicted molar refractivity (Wildman–Crippen MR) is 84.0 cm³/mol. The molecule has 0 aliphatic heterocycles. The quantitative estimate of drug-likeness (QED) is 0.813. The first-order chi connectivity index (χ1) is 9.04. The van der Waals surface area contributed by atoms with Gasteiger partial charge in [-0.1, -0.05) is 19.8 Å².